The van der Waals surface area contributed by atoms with Gasteiger partial charge in [-0.05, 0) is 44.0 Å². The average molecular weight is 404 g/mol. The maximum absolute atomic E-state index is 12.4. The third-order valence-electron chi connectivity index (χ3n) is 4.75. The van der Waals surface area contributed by atoms with Gasteiger partial charge in [0.2, 0.25) is 5.91 Å². The molecule has 0 bridgehead atoms. The molecule has 1 aromatic heterocycles. The smallest absolute Gasteiger partial charge is 0.306 e. The Bertz CT molecular complexity index is 806. The molecule has 1 atom stereocenters. The summed E-state index contributed by atoms with van der Waals surface area (Å²) in [6.45, 7) is 3.45. The van der Waals surface area contributed by atoms with Crippen LogP contribution in [0.4, 0.5) is 0 Å². The van der Waals surface area contributed by atoms with E-state index in [4.69, 9.17) is 9.47 Å². The van der Waals surface area contributed by atoms with Gasteiger partial charge in [0.05, 0.1) is 20.1 Å². The van der Waals surface area contributed by atoms with Gasteiger partial charge in [0.15, 0.2) is 0 Å². The summed E-state index contributed by atoms with van der Waals surface area (Å²) < 4.78 is 10.1. The van der Waals surface area contributed by atoms with Gasteiger partial charge in [-0.25, -0.2) is 0 Å². The fraction of sp³-hybridized carbons (Fsp3) is 0.500. The maximum Gasteiger partial charge on any atom is 0.306 e. The summed E-state index contributed by atoms with van der Waals surface area (Å²) >= 11 is 1.57. The molecule has 7 nitrogen and oxygen atoms in total. The molecule has 0 radical (unpaired) electrons. The molecular formula is C20H25N3O4S. The number of nitrogens with zero attached hydrogens (tertiary/aromatic N) is 3. The second-order valence-electron chi connectivity index (χ2n) is 6.66. The zero-order chi connectivity index (χ0) is 19.9. The highest BCUT2D eigenvalue weighted by Crippen LogP contribution is 2.33. The lowest BCUT2D eigenvalue weighted by Crippen LogP contribution is -2.39. The predicted octanol–water partition coefficient (Wildman–Crippen LogP) is 3.26. The fourth-order valence-electron chi connectivity index (χ4n) is 3.26. The van der Waals surface area contributed by atoms with Crippen LogP contribution in [0.3, 0.4) is 0 Å². The minimum absolute atomic E-state index is 0.00218. The Morgan fingerprint density at radius 2 is 2.00 bits per heavy atom. The summed E-state index contributed by atoms with van der Waals surface area (Å²) in [6, 6.07) is 7.74. The first-order valence-electron chi connectivity index (χ1n) is 9.52. The van der Waals surface area contributed by atoms with E-state index in [0.29, 0.717) is 13.2 Å². The van der Waals surface area contributed by atoms with Crippen LogP contribution < -0.4 is 4.74 Å². The molecule has 28 heavy (non-hydrogen) atoms. The van der Waals surface area contributed by atoms with Gasteiger partial charge in [-0.1, -0.05) is 11.3 Å². The molecular weight excluding hydrogens is 378 g/mol. The van der Waals surface area contributed by atoms with Crippen molar-refractivity contribution in [1.29, 1.82) is 0 Å². The number of esters is 1. The van der Waals surface area contributed by atoms with Gasteiger partial charge in [0.25, 0.3) is 0 Å². The molecule has 1 aliphatic heterocycles. The average Bonchev–Trinajstić information content (AvgIpc) is 3.23. The van der Waals surface area contributed by atoms with Crippen LogP contribution in [0.25, 0.3) is 10.6 Å². The molecule has 1 amide bonds. The normalized spacial score (nSPS) is 16.6. The Kier molecular flexibility index (Phi) is 6.97. The number of ether oxygens (including phenoxy) is 2. The zero-order valence-electron chi connectivity index (χ0n) is 16.2. The van der Waals surface area contributed by atoms with Gasteiger partial charge in [-0.15, -0.1) is 10.2 Å². The Morgan fingerprint density at radius 1 is 1.21 bits per heavy atom. The Hall–Kier alpha value is -2.48. The molecule has 1 aromatic carbocycles. The number of benzene rings is 1. The molecule has 2 heterocycles. The molecule has 1 fully saturated rings. The summed E-state index contributed by atoms with van der Waals surface area (Å²) in [5.74, 6) is 0.665. The first-order chi connectivity index (χ1) is 13.6. The summed E-state index contributed by atoms with van der Waals surface area (Å²) in [7, 11) is 1.64. The van der Waals surface area contributed by atoms with E-state index in [9.17, 15) is 9.59 Å². The molecule has 2 aromatic rings. The lowest BCUT2D eigenvalue weighted by atomic mass is 9.98. The quantitative estimate of drug-likeness (QED) is 0.660. The maximum atomic E-state index is 12.4. The van der Waals surface area contributed by atoms with Gasteiger partial charge in [-0.3, -0.25) is 9.59 Å². The standard InChI is InChI=1S/C20H25N3O4S/c1-3-27-18(25)11-10-17(24)23-12-4-5-15(13-23)20-22-21-19(28-20)14-6-8-16(26-2)9-7-14/h6-9,15H,3-5,10-13H2,1-2H3/t15-/m0/s1. The predicted molar refractivity (Wildman–Crippen MR) is 106 cm³/mol. The SMILES string of the molecule is CCOC(=O)CCC(=O)N1CCC[C@H](c2nnc(-c3ccc(OC)cc3)s2)C1. The van der Waals surface area contributed by atoms with E-state index in [0.717, 1.165) is 40.7 Å². The van der Waals surface area contributed by atoms with Gasteiger partial charge in [0, 0.05) is 31.0 Å². The summed E-state index contributed by atoms with van der Waals surface area (Å²) in [4.78, 5) is 25.8. The minimum atomic E-state index is -0.322. The lowest BCUT2D eigenvalue weighted by molar-refractivity contribution is -0.145. The van der Waals surface area contributed by atoms with Crippen LogP contribution in [0.5, 0.6) is 5.75 Å². The minimum Gasteiger partial charge on any atom is -0.497 e. The van der Waals surface area contributed by atoms with Crippen LogP contribution in [-0.2, 0) is 14.3 Å². The van der Waals surface area contributed by atoms with E-state index < -0.39 is 0 Å². The van der Waals surface area contributed by atoms with Gasteiger partial charge in [-0.2, -0.15) is 0 Å². The molecule has 8 heteroatoms. The lowest BCUT2D eigenvalue weighted by Gasteiger charge is -2.31. The summed E-state index contributed by atoms with van der Waals surface area (Å²) in [6.07, 6.45) is 2.24. The largest absolute Gasteiger partial charge is 0.497 e. The second-order valence-corrected chi connectivity index (χ2v) is 7.67. The number of carbonyl (C=O) groups is 2. The van der Waals surface area contributed by atoms with Crippen LogP contribution in [0.1, 0.15) is 43.5 Å². The molecule has 0 unspecified atom stereocenters. The highest BCUT2D eigenvalue weighted by molar-refractivity contribution is 7.14. The third kappa shape index (κ3) is 5.07. The number of amides is 1. The number of piperidine rings is 1. The number of likely N-dealkylation sites (tertiary alicyclic amines) is 1. The fourth-order valence-corrected chi connectivity index (χ4v) is 4.23. The van der Waals surface area contributed by atoms with Crippen molar-refractivity contribution in [3.63, 3.8) is 0 Å². The van der Waals surface area contributed by atoms with Crippen LogP contribution in [0.2, 0.25) is 0 Å². The second kappa shape index (κ2) is 9.64. The van der Waals surface area contributed by atoms with Gasteiger partial charge >= 0.3 is 5.97 Å². The number of hydrogen-bond acceptors (Lipinski definition) is 7. The summed E-state index contributed by atoms with van der Waals surface area (Å²) in [5.41, 5.74) is 1.00. The Morgan fingerprint density at radius 3 is 2.71 bits per heavy atom. The topological polar surface area (TPSA) is 81.6 Å². The van der Waals surface area contributed by atoms with Crippen molar-refractivity contribution in [3.05, 3.63) is 29.3 Å². The molecule has 0 aliphatic carbocycles. The number of carbonyl (C=O) groups excluding carboxylic acids is 2. The number of hydrogen-bond donors (Lipinski definition) is 0. The van der Waals surface area contributed by atoms with Crippen molar-refractivity contribution in [2.45, 2.75) is 38.5 Å². The van der Waals surface area contributed by atoms with E-state index in [-0.39, 0.29) is 30.6 Å². The Labute approximate surface area is 168 Å². The van der Waals surface area contributed by atoms with Crippen molar-refractivity contribution in [2.24, 2.45) is 0 Å². The highest BCUT2D eigenvalue weighted by atomic mass is 32.1. The van der Waals surface area contributed by atoms with Crippen molar-refractivity contribution < 1.29 is 19.1 Å². The molecule has 1 saturated heterocycles. The van der Waals surface area contributed by atoms with E-state index >= 15 is 0 Å². The zero-order valence-corrected chi connectivity index (χ0v) is 17.0. The molecule has 1 aliphatic rings. The third-order valence-corrected chi connectivity index (χ3v) is 5.88. The van der Waals surface area contributed by atoms with Gasteiger partial charge in [0.1, 0.15) is 15.8 Å². The van der Waals surface area contributed by atoms with Crippen molar-refractivity contribution >= 4 is 23.2 Å². The van der Waals surface area contributed by atoms with E-state index in [2.05, 4.69) is 10.2 Å². The summed E-state index contributed by atoms with van der Waals surface area (Å²) in [5, 5.41) is 10.5. The monoisotopic (exact) mass is 403 g/mol. The van der Waals surface area contributed by atoms with Crippen LogP contribution in [0.15, 0.2) is 24.3 Å². The van der Waals surface area contributed by atoms with Crippen LogP contribution in [0, 0.1) is 0 Å². The van der Waals surface area contributed by atoms with Crippen molar-refractivity contribution in [3.8, 4) is 16.3 Å². The van der Waals surface area contributed by atoms with Crippen LogP contribution in [-0.4, -0.2) is 53.8 Å². The van der Waals surface area contributed by atoms with Crippen molar-refractivity contribution in [2.75, 3.05) is 26.8 Å². The molecule has 0 saturated carbocycles. The number of methoxy groups -OCH3 is 1. The first kappa shape index (κ1) is 20.3. The van der Waals surface area contributed by atoms with Crippen molar-refractivity contribution in [1.82, 2.24) is 15.1 Å². The van der Waals surface area contributed by atoms with E-state index in [1.807, 2.05) is 29.2 Å². The molecule has 3 rings (SSSR count). The van der Waals surface area contributed by atoms with E-state index in [1.165, 1.54) is 0 Å². The molecule has 0 spiro atoms. The molecule has 0 N–H and O–H groups in total. The number of aromatic nitrogens is 2. The highest BCUT2D eigenvalue weighted by Gasteiger charge is 2.27. The van der Waals surface area contributed by atoms with Gasteiger partial charge < -0.3 is 14.4 Å². The first-order valence-corrected chi connectivity index (χ1v) is 10.3. The number of rotatable bonds is 7. The Balaban J connectivity index is 1.60. The molecule has 150 valence electrons. The van der Waals surface area contributed by atoms with E-state index in [1.54, 1.807) is 25.4 Å². The van der Waals surface area contributed by atoms with Crippen LogP contribution >= 0.6 is 11.3 Å².